The number of rotatable bonds is 5. The molecule has 0 bridgehead atoms. The molecule has 0 saturated heterocycles. The Labute approximate surface area is 133 Å². The van der Waals surface area contributed by atoms with E-state index < -0.39 is 5.91 Å². The number of thiazole rings is 1. The van der Waals surface area contributed by atoms with Crippen LogP contribution in [0.15, 0.2) is 5.38 Å². The Hall–Kier alpha value is -1.76. The van der Waals surface area contributed by atoms with Crippen molar-refractivity contribution in [2.45, 2.75) is 57.9 Å². The first-order chi connectivity index (χ1) is 10.6. The highest BCUT2D eigenvalue weighted by Crippen LogP contribution is 2.29. The first kappa shape index (κ1) is 15.1. The van der Waals surface area contributed by atoms with Crippen LogP contribution in [0.25, 0.3) is 0 Å². The Morgan fingerprint density at radius 3 is 2.77 bits per heavy atom. The number of carbonyl (C=O) groups is 1. The first-order valence-corrected chi connectivity index (χ1v) is 8.63. The van der Waals surface area contributed by atoms with E-state index in [4.69, 9.17) is 5.73 Å². The molecule has 2 heterocycles. The lowest BCUT2D eigenvalue weighted by Gasteiger charge is -2.23. The zero-order valence-corrected chi connectivity index (χ0v) is 13.6. The number of aryl methyl sites for hydroxylation is 1. The molecule has 0 radical (unpaired) electrons. The number of carbonyl (C=O) groups excluding carboxylic acids is 1. The second kappa shape index (κ2) is 6.56. The molecule has 6 nitrogen and oxygen atoms in total. The second-order valence-electron chi connectivity index (χ2n) is 5.86. The van der Waals surface area contributed by atoms with Gasteiger partial charge in [0.15, 0.2) is 5.82 Å². The third kappa shape index (κ3) is 3.52. The average molecular weight is 319 g/mol. The Kier molecular flexibility index (Phi) is 4.52. The van der Waals surface area contributed by atoms with Crippen LogP contribution in [0, 0.1) is 6.92 Å². The summed E-state index contributed by atoms with van der Waals surface area (Å²) in [7, 11) is 0. The maximum atomic E-state index is 11.1. The van der Waals surface area contributed by atoms with Crippen LogP contribution in [0.5, 0.6) is 0 Å². The van der Waals surface area contributed by atoms with Crippen molar-refractivity contribution < 1.29 is 4.79 Å². The lowest BCUT2D eigenvalue weighted by molar-refractivity contribution is -0.117. The van der Waals surface area contributed by atoms with Crippen LogP contribution in [0.1, 0.15) is 60.5 Å². The number of hydrogen-bond acceptors (Lipinski definition) is 5. The third-order valence-corrected chi connectivity index (χ3v) is 4.83. The molecule has 22 heavy (non-hydrogen) atoms. The highest BCUT2D eigenvalue weighted by atomic mass is 32.1. The van der Waals surface area contributed by atoms with Crippen molar-refractivity contribution in [3.8, 4) is 0 Å². The summed E-state index contributed by atoms with van der Waals surface area (Å²) >= 11 is 1.64. The van der Waals surface area contributed by atoms with E-state index in [1.54, 1.807) is 11.3 Å². The minimum Gasteiger partial charge on any atom is -0.369 e. The van der Waals surface area contributed by atoms with Gasteiger partial charge in [-0.25, -0.2) is 14.6 Å². The van der Waals surface area contributed by atoms with Crippen LogP contribution in [0.3, 0.4) is 0 Å². The largest absolute Gasteiger partial charge is 0.369 e. The molecular weight excluding hydrogens is 298 g/mol. The molecule has 2 aromatic rings. The quantitative estimate of drug-likeness (QED) is 0.915. The average Bonchev–Trinajstić information content (AvgIpc) is 3.06. The van der Waals surface area contributed by atoms with E-state index in [-0.39, 0.29) is 6.42 Å². The summed E-state index contributed by atoms with van der Waals surface area (Å²) in [4.78, 5) is 20.2. The maximum absolute atomic E-state index is 11.1. The van der Waals surface area contributed by atoms with Gasteiger partial charge in [-0.05, 0) is 19.8 Å². The number of aromatic nitrogens is 4. The maximum Gasteiger partial charge on any atom is 0.225 e. The Balaban J connectivity index is 1.87. The van der Waals surface area contributed by atoms with Crippen LogP contribution in [-0.4, -0.2) is 25.7 Å². The molecule has 2 N–H and O–H groups in total. The molecule has 7 heteroatoms. The molecule has 0 atom stereocenters. The van der Waals surface area contributed by atoms with Gasteiger partial charge in [0.05, 0.1) is 29.6 Å². The zero-order valence-electron chi connectivity index (χ0n) is 12.8. The van der Waals surface area contributed by atoms with Gasteiger partial charge in [0.2, 0.25) is 5.91 Å². The summed E-state index contributed by atoms with van der Waals surface area (Å²) in [5.41, 5.74) is 6.29. The zero-order chi connectivity index (χ0) is 15.5. The topological polar surface area (TPSA) is 86.7 Å². The Bertz CT molecular complexity index is 657. The van der Waals surface area contributed by atoms with E-state index >= 15 is 0 Å². The molecule has 3 rings (SSSR count). The molecule has 0 unspecified atom stereocenters. The van der Waals surface area contributed by atoms with E-state index in [0.717, 1.165) is 29.4 Å². The van der Waals surface area contributed by atoms with Crippen molar-refractivity contribution in [3.63, 3.8) is 0 Å². The molecule has 118 valence electrons. The predicted molar refractivity (Wildman–Crippen MR) is 84.7 cm³/mol. The first-order valence-electron chi connectivity index (χ1n) is 7.75. The van der Waals surface area contributed by atoms with Crippen LogP contribution < -0.4 is 5.73 Å². The van der Waals surface area contributed by atoms with E-state index in [2.05, 4.69) is 20.4 Å². The van der Waals surface area contributed by atoms with Gasteiger partial charge in [0, 0.05) is 5.38 Å². The molecule has 0 spiro atoms. The number of nitrogens with two attached hydrogens (primary N) is 1. The Morgan fingerprint density at radius 1 is 1.36 bits per heavy atom. The van der Waals surface area contributed by atoms with Crippen LogP contribution in [0.2, 0.25) is 0 Å². The third-order valence-electron chi connectivity index (χ3n) is 4.00. The fraction of sp³-hybridized carbons (Fsp3) is 0.600. The number of amides is 1. The lowest BCUT2D eigenvalue weighted by atomic mass is 9.95. The van der Waals surface area contributed by atoms with Gasteiger partial charge in [-0.1, -0.05) is 19.3 Å². The minimum absolute atomic E-state index is 0.100. The van der Waals surface area contributed by atoms with E-state index in [1.807, 2.05) is 11.6 Å². The fourth-order valence-corrected chi connectivity index (χ4v) is 3.64. The minimum atomic E-state index is -0.392. The van der Waals surface area contributed by atoms with Crippen LogP contribution >= 0.6 is 11.3 Å². The standard InChI is InChI=1S/C15H21N5OS/c1-10-17-11(9-22-10)7-15-18-14(8-13(16)21)19-20(15)12-5-3-2-4-6-12/h9,12H,2-8H2,1H3,(H2,16,21). The molecule has 0 aromatic carbocycles. The summed E-state index contributed by atoms with van der Waals surface area (Å²) in [5.74, 6) is 1.03. The summed E-state index contributed by atoms with van der Waals surface area (Å²) in [6.07, 6.45) is 6.76. The van der Waals surface area contributed by atoms with Gasteiger partial charge < -0.3 is 5.73 Å². The van der Waals surface area contributed by atoms with Crippen molar-refractivity contribution in [3.05, 3.63) is 27.7 Å². The highest BCUT2D eigenvalue weighted by Gasteiger charge is 2.22. The summed E-state index contributed by atoms with van der Waals surface area (Å²) in [6, 6.07) is 0.387. The molecular formula is C15H21N5OS. The summed E-state index contributed by atoms with van der Waals surface area (Å²) in [5, 5.41) is 7.67. The smallest absolute Gasteiger partial charge is 0.225 e. The van der Waals surface area contributed by atoms with E-state index in [0.29, 0.717) is 18.3 Å². The molecule has 1 fully saturated rings. The second-order valence-corrected chi connectivity index (χ2v) is 6.92. The molecule has 1 aliphatic carbocycles. The van der Waals surface area contributed by atoms with Crippen molar-refractivity contribution in [1.29, 1.82) is 0 Å². The number of primary amides is 1. The van der Waals surface area contributed by atoms with E-state index in [1.165, 1.54) is 19.3 Å². The van der Waals surface area contributed by atoms with Gasteiger partial charge in [-0.15, -0.1) is 11.3 Å². The molecule has 1 amide bonds. The van der Waals surface area contributed by atoms with Gasteiger partial charge in [-0.2, -0.15) is 5.10 Å². The van der Waals surface area contributed by atoms with Gasteiger partial charge in [0.1, 0.15) is 5.82 Å². The number of hydrogen-bond donors (Lipinski definition) is 1. The lowest BCUT2D eigenvalue weighted by Crippen LogP contribution is -2.18. The van der Waals surface area contributed by atoms with Crippen molar-refractivity contribution in [2.24, 2.45) is 5.73 Å². The van der Waals surface area contributed by atoms with Crippen LogP contribution in [-0.2, 0) is 17.6 Å². The summed E-state index contributed by atoms with van der Waals surface area (Å²) < 4.78 is 2.02. The number of nitrogens with zero attached hydrogens (tertiary/aromatic N) is 4. The van der Waals surface area contributed by atoms with Gasteiger partial charge >= 0.3 is 0 Å². The molecule has 1 aliphatic rings. The summed E-state index contributed by atoms with van der Waals surface area (Å²) in [6.45, 7) is 2.00. The molecule has 2 aromatic heterocycles. The van der Waals surface area contributed by atoms with Crippen molar-refractivity contribution >= 4 is 17.2 Å². The van der Waals surface area contributed by atoms with E-state index in [9.17, 15) is 4.79 Å². The fourth-order valence-electron chi connectivity index (χ4n) is 3.03. The highest BCUT2D eigenvalue weighted by molar-refractivity contribution is 7.09. The molecule has 0 aliphatic heterocycles. The van der Waals surface area contributed by atoms with Crippen molar-refractivity contribution in [2.75, 3.05) is 0 Å². The van der Waals surface area contributed by atoms with Gasteiger partial charge in [0.25, 0.3) is 0 Å². The van der Waals surface area contributed by atoms with Gasteiger partial charge in [-0.3, -0.25) is 4.79 Å². The van der Waals surface area contributed by atoms with Crippen molar-refractivity contribution in [1.82, 2.24) is 19.7 Å². The normalized spacial score (nSPS) is 16.0. The molecule has 1 saturated carbocycles. The SMILES string of the molecule is Cc1nc(Cc2nc(CC(N)=O)nn2C2CCCCC2)cs1. The predicted octanol–water partition coefficient (Wildman–Crippen LogP) is 2.17. The van der Waals surface area contributed by atoms with Crippen LogP contribution in [0.4, 0.5) is 0 Å². The monoisotopic (exact) mass is 319 g/mol. The Morgan fingerprint density at radius 2 is 2.14 bits per heavy atom.